The van der Waals surface area contributed by atoms with E-state index in [1.165, 1.54) is 0 Å². The van der Waals surface area contributed by atoms with E-state index in [1.807, 2.05) is 19.9 Å². The summed E-state index contributed by atoms with van der Waals surface area (Å²) >= 11 is 0. The topological polar surface area (TPSA) is 70.8 Å². The number of aromatic nitrogens is 2. The summed E-state index contributed by atoms with van der Waals surface area (Å²) in [6.45, 7) is 4.62. The molecule has 17 heavy (non-hydrogen) atoms. The molecule has 90 valence electrons. The molecule has 0 amide bonds. The van der Waals surface area contributed by atoms with Crippen LogP contribution < -0.4 is 5.32 Å². The van der Waals surface area contributed by atoms with Crippen LogP contribution in [-0.2, 0) is 4.74 Å². The summed E-state index contributed by atoms with van der Waals surface area (Å²) in [5.74, 6) is 0.543. The summed E-state index contributed by atoms with van der Waals surface area (Å²) in [6, 6.07) is 4.07. The van der Waals surface area contributed by atoms with E-state index in [9.17, 15) is 0 Å². The van der Waals surface area contributed by atoms with E-state index in [2.05, 4.69) is 15.3 Å². The summed E-state index contributed by atoms with van der Waals surface area (Å²) in [4.78, 5) is 8.38. The van der Waals surface area contributed by atoms with Crippen LogP contribution in [0.5, 0.6) is 0 Å². The minimum absolute atomic E-state index is 0.359. The van der Waals surface area contributed by atoms with Gasteiger partial charge in [-0.2, -0.15) is 5.26 Å². The molecule has 5 nitrogen and oxygen atoms in total. The first-order valence-corrected chi connectivity index (χ1v) is 5.85. The van der Waals surface area contributed by atoms with Crippen LogP contribution in [0.1, 0.15) is 31.2 Å². The molecule has 1 fully saturated rings. The molecule has 1 N–H and O–H groups in total. The molecule has 0 bridgehead atoms. The molecule has 1 aliphatic carbocycles. The van der Waals surface area contributed by atoms with Crippen LogP contribution in [0.15, 0.2) is 6.07 Å². The van der Waals surface area contributed by atoms with E-state index in [0.717, 1.165) is 25.1 Å². The number of nitriles is 1. The van der Waals surface area contributed by atoms with Crippen LogP contribution in [0.25, 0.3) is 0 Å². The summed E-state index contributed by atoms with van der Waals surface area (Å²) in [6.07, 6.45) is 2.32. The highest BCUT2D eigenvalue weighted by Crippen LogP contribution is 2.25. The molecular weight excluding hydrogens is 216 g/mol. The van der Waals surface area contributed by atoms with Gasteiger partial charge in [-0.15, -0.1) is 0 Å². The summed E-state index contributed by atoms with van der Waals surface area (Å²) in [5, 5.41) is 12.0. The van der Waals surface area contributed by atoms with Crippen LogP contribution in [-0.4, -0.2) is 28.7 Å². The largest absolute Gasteiger partial charge is 0.378 e. The average molecular weight is 232 g/mol. The normalized spacial score (nSPS) is 22.6. The predicted molar refractivity (Wildman–Crippen MR) is 63.5 cm³/mol. The lowest BCUT2D eigenvalue weighted by Crippen LogP contribution is -2.41. The van der Waals surface area contributed by atoms with Crippen LogP contribution in [0.2, 0.25) is 0 Å². The molecule has 1 heterocycles. The highest BCUT2D eigenvalue weighted by Gasteiger charge is 2.29. The molecule has 1 aliphatic rings. The first kappa shape index (κ1) is 11.8. The Balaban J connectivity index is 1.92. The predicted octanol–water partition coefficient (Wildman–Crippen LogP) is 1.64. The zero-order valence-corrected chi connectivity index (χ0v) is 10.1. The van der Waals surface area contributed by atoms with Crippen molar-refractivity contribution in [3.63, 3.8) is 0 Å². The van der Waals surface area contributed by atoms with Gasteiger partial charge in [0, 0.05) is 18.3 Å². The van der Waals surface area contributed by atoms with Gasteiger partial charge in [-0.1, -0.05) is 0 Å². The lowest BCUT2D eigenvalue weighted by atomic mass is 9.89. The third kappa shape index (κ3) is 2.92. The Morgan fingerprint density at radius 2 is 2.29 bits per heavy atom. The number of nitrogens with zero attached hydrogens (tertiary/aromatic N) is 3. The zero-order valence-electron chi connectivity index (χ0n) is 10.1. The van der Waals surface area contributed by atoms with Gasteiger partial charge in [-0.25, -0.2) is 9.97 Å². The first-order chi connectivity index (χ1) is 8.21. The SMILES string of the molecule is CCOC1CC(Nc2nc(C)cc(C#N)n2)C1. The molecule has 0 atom stereocenters. The van der Waals surface area contributed by atoms with E-state index in [0.29, 0.717) is 23.8 Å². The van der Waals surface area contributed by atoms with E-state index in [1.54, 1.807) is 6.07 Å². The van der Waals surface area contributed by atoms with Crippen molar-refractivity contribution in [3.8, 4) is 6.07 Å². The van der Waals surface area contributed by atoms with Crippen molar-refractivity contribution >= 4 is 5.95 Å². The van der Waals surface area contributed by atoms with Crippen molar-refractivity contribution in [2.24, 2.45) is 0 Å². The van der Waals surface area contributed by atoms with E-state index >= 15 is 0 Å². The maximum atomic E-state index is 8.82. The van der Waals surface area contributed by atoms with E-state index in [4.69, 9.17) is 10.00 Å². The number of anilines is 1. The van der Waals surface area contributed by atoms with Crippen molar-refractivity contribution in [2.75, 3.05) is 11.9 Å². The lowest BCUT2D eigenvalue weighted by Gasteiger charge is -2.35. The minimum atomic E-state index is 0.359. The number of rotatable bonds is 4. The highest BCUT2D eigenvalue weighted by molar-refractivity contribution is 5.34. The van der Waals surface area contributed by atoms with Gasteiger partial charge in [0.15, 0.2) is 0 Å². The smallest absolute Gasteiger partial charge is 0.224 e. The molecule has 1 aromatic rings. The molecule has 5 heteroatoms. The zero-order chi connectivity index (χ0) is 12.3. The maximum absolute atomic E-state index is 8.82. The summed E-state index contributed by atoms with van der Waals surface area (Å²) in [7, 11) is 0. The van der Waals surface area contributed by atoms with Gasteiger partial charge in [0.25, 0.3) is 0 Å². The standard InChI is InChI=1S/C12H16N4O/c1-3-17-11-5-9(6-11)15-12-14-8(2)4-10(7-13)16-12/h4,9,11H,3,5-6H2,1-2H3,(H,14,15,16). The van der Waals surface area contributed by atoms with Crippen molar-refractivity contribution in [3.05, 3.63) is 17.5 Å². The second kappa shape index (κ2) is 5.11. The van der Waals surface area contributed by atoms with E-state index < -0.39 is 0 Å². The molecule has 1 aromatic heterocycles. The van der Waals surface area contributed by atoms with Gasteiger partial charge < -0.3 is 10.1 Å². The molecule has 0 aromatic carbocycles. The minimum Gasteiger partial charge on any atom is -0.378 e. The van der Waals surface area contributed by atoms with Gasteiger partial charge in [-0.05, 0) is 32.8 Å². The fourth-order valence-corrected chi connectivity index (χ4v) is 1.93. The Kier molecular flexibility index (Phi) is 3.55. The van der Waals surface area contributed by atoms with Crippen LogP contribution >= 0.6 is 0 Å². The van der Waals surface area contributed by atoms with Gasteiger partial charge in [0.1, 0.15) is 11.8 Å². The second-order valence-electron chi connectivity index (χ2n) is 4.22. The molecule has 0 aliphatic heterocycles. The van der Waals surface area contributed by atoms with E-state index in [-0.39, 0.29) is 0 Å². The van der Waals surface area contributed by atoms with Crippen LogP contribution in [0.3, 0.4) is 0 Å². The number of nitrogens with one attached hydrogen (secondary N) is 1. The molecule has 1 saturated carbocycles. The fourth-order valence-electron chi connectivity index (χ4n) is 1.93. The van der Waals surface area contributed by atoms with Gasteiger partial charge in [0.05, 0.1) is 6.10 Å². The monoisotopic (exact) mass is 232 g/mol. The molecule has 0 saturated heterocycles. The lowest BCUT2D eigenvalue weighted by molar-refractivity contribution is 0.00285. The Bertz CT molecular complexity index is 435. The molecule has 2 rings (SSSR count). The molecule has 0 spiro atoms. The van der Waals surface area contributed by atoms with Crippen molar-refractivity contribution in [1.82, 2.24) is 9.97 Å². The summed E-state index contributed by atoms with van der Waals surface area (Å²) in [5.41, 5.74) is 1.21. The maximum Gasteiger partial charge on any atom is 0.224 e. The Labute approximate surface area is 101 Å². The Morgan fingerprint density at radius 3 is 2.94 bits per heavy atom. The van der Waals surface area contributed by atoms with Crippen molar-refractivity contribution in [2.45, 2.75) is 38.8 Å². The van der Waals surface area contributed by atoms with Crippen molar-refractivity contribution in [1.29, 1.82) is 5.26 Å². The second-order valence-corrected chi connectivity index (χ2v) is 4.22. The number of ether oxygens (including phenoxy) is 1. The Hall–Kier alpha value is -1.67. The van der Waals surface area contributed by atoms with Gasteiger partial charge >= 0.3 is 0 Å². The van der Waals surface area contributed by atoms with Crippen molar-refractivity contribution < 1.29 is 4.74 Å². The Morgan fingerprint density at radius 1 is 1.53 bits per heavy atom. The summed E-state index contributed by atoms with van der Waals surface area (Å²) < 4.78 is 5.48. The third-order valence-electron chi connectivity index (χ3n) is 2.80. The first-order valence-electron chi connectivity index (χ1n) is 5.85. The van der Waals surface area contributed by atoms with Gasteiger partial charge in [0.2, 0.25) is 5.95 Å². The number of hydrogen-bond donors (Lipinski definition) is 1. The highest BCUT2D eigenvalue weighted by atomic mass is 16.5. The molecule has 0 radical (unpaired) electrons. The number of hydrogen-bond acceptors (Lipinski definition) is 5. The fraction of sp³-hybridized carbons (Fsp3) is 0.583. The molecular formula is C12H16N4O. The van der Waals surface area contributed by atoms with Crippen LogP contribution in [0.4, 0.5) is 5.95 Å². The van der Waals surface area contributed by atoms with Gasteiger partial charge in [-0.3, -0.25) is 0 Å². The third-order valence-corrected chi connectivity index (χ3v) is 2.80. The quantitative estimate of drug-likeness (QED) is 0.854. The average Bonchev–Trinajstić information content (AvgIpc) is 2.25. The molecule has 0 unspecified atom stereocenters. The number of aryl methyl sites for hydroxylation is 1. The van der Waals surface area contributed by atoms with Crippen LogP contribution in [0, 0.1) is 18.3 Å².